The second kappa shape index (κ2) is 6.49. The SMILES string of the molecule is Cc1nn(C)c2ncc(NC(=O)Cc3csc(N4CCCC4=O)n3)cc12. The van der Waals surface area contributed by atoms with Gasteiger partial charge in [0.05, 0.1) is 29.7 Å². The van der Waals surface area contributed by atoms with Crippen molar-refractivity contribution in [2.45, 2.75) is 26.2 Å². The zero-order valence-corrected chi connectivity index (χ0v) is 15.3. The second-order valence-electron chi connectivity index (χ2n) is 6.30. The molecule has 1 aliphatic rings. The van der Waals surface area contributed by atoms with Gasteiger partial charge in [-0.25, -0.2) is 9.97 Å². The van der Waals surface area contributed by atoms with E-state index in [0.29, 0.717) is 29.5 Å². The fraction of sp³-hybridized carbons (Fsp3) is 0.353. The van der Waals surface area contributed by atoms with Crippen LogP contribution in [-0.4, -0.2) is 38.1 Å². The molecule has 1 aliphatic heterocycles. The number of hydrogen-bond donors (Lipinski definition) is 1. The van der Waals surface area contributed by atoms with Gasteiger partial charge in [-0.15, -0.1) is 11.3 Å². The number of fused-ring (bicyclic) bond motifs is 1. The van der Waals surface area contributed by atoms with Crippen molar-refractivity contribution < 1.29 is 9.59 Å². The van der Waals surface area contributed by atoms with Crippen LogP contribution in [0, 0.1) is 6.92 Å². The Morgan fingerprint density at radius 3 is 3.04 bits per heavy atom. The molecule has 2 amide bonds. The summed E-state index contributed by atoms with van der Waals surface area (Å²) in [5.41, 5.74) is 2.93. The normalized spacial score (nSPS) is 14.4. The Morgan fingerprint density at radius 1 is 1.42 bits per heavy atom. The molecule has 26 heavy (non-hydrogen) atoms. The van der Waals surface area contributed by atoms with Gasteiger partial charge in [-0.1, -0.05) is 0 Å². The molecule has 3 aromatic heterocycles. The number of carbonyl (C=O) groups excluding carboxylic acids is 2. The number of rotatable bonds is 4. The maximum atomic E-state index is 12.3. The molecule has 134 valence electrons. The lowest BCUT2D eigenvalue weighted by atomic mass is 10.2. The lowest BCUT2D eigenvalue weighted by molar-refractivity contribution is -0.117. The van der Waals surface area contributed by atoms with Gasteiger partial charge in [0, 0.05) is 30.8 Å². The van der Waals surface area contributed by atoms with Crippen LogP contribution in [0.25, 0.3) is 11.0 Å². The fourth-order valence-electron chi connectivity index (χ4n) is 3.10. The predicted molar refractivity (Wildman–Crippen MR) is 99.3 cm³/mol. The number of aromatic nitrogens is 4. The Bertz CT molecular complexity index is 1010. The van der Waals surface area contributed by atoms with Crippen molar-refractivity contribution in [3.05, 3.63) is 29.0 Å². The number of nitrogens with one attached hydrogen (secondary N) is 1. The Balaban J connectivity index is 1.45. The summed E-state index contributed by atoms with van der Waals surface area (Å²) in [5, 5.41) is 10.6. The number of hydrogen-bond acceptors (Lipinski definition) is 6. The summed E-state index contributed by atoms with van der Waals surface area (Å²) in [6, 6.07) is 1.87. The summed E-state index contributed by atoms with van der Waals surface area (Å²) in [6.45, 7) is 2.61. The van der Waals surface area contributed by atoms with Crippen molar-refractivity contribution >= 4 is 45.0 Å². The highest BCUT2D eigenvalue weighted by molar-refractivity contribution is 7.14. The number of nitrogens with zero attached hydrogens (tertiary/aromatic N) is 5. The zero-order chi connectivity index (χ0) is 18.3. The Kier molecular flexibility index (Phi) is 4.15. The van der Waals surface area contributed by atoms with E-state index >= 15 is 0 Å². The van der Waals surface area contributed by atoms with Crippen LogP contribution in [0.1, 0.15) is 24.2 Å². The lowest BCUT2D eigenvalue weighted by Crippen LogP contribution is -2.23. The first-order chi connectivity index (χ1) is 12.5. The standard InChI is InChI=1S/C17H18N6O2S/c1-10-13-6-11(8-18-16(13)22(2)21-10)19-14(24)7-12-9-26-17(20-12)23-5-3-4-15(23)25/h6,8-9H,3-5,7H2,1-2H3,(H,19,24). The molecule has 3 aromatic rings. The summed E-state index contributed by atoms with van der Waals surface area (Å²) in [6.07, 6.45) is 3.20. The van der Waals surface area contributed by atoms with Gasteiger partial charge in [0.25, 0.3) is 0 Å². The number of aryl methyl sites for hydroxylation is 2. The first-order valence-corrected chi connectivity index (χ1v) is 9.23. The van der Waals surface area contributed by atoms with Crippen LogP contribution in [0.2, 0.25) is 0 Å². The monoisotopic (exact) mass is 370 g/mol. The molecule has 1 N–H and O–H groups in total. The maximum absolute atomic E-state index is 12.3. The van der Waals surface area contributed by atoms with E-state index in [9.17, 15) is 9.59 Å². The van der Waals surface area contributed by atoms with E-state index in [4.69, 9.17) is 0 Å². The Morgan fingerprint density at radius 2 is 2.27 bits per heavy atom. The molecule has 4 rings (SSSR count). The third-order valence-electron chi connectivity index (χ3n) is 4.33. The van der Waals surface area contributed by atoms with E-state index in [1.807, 2.05) is 25.4 Å². The van der Waals surface area contributed by atoms with Gasteiger partial charge < -0.3 is 5.32 Å². The fourth-order valence-corrected chi connectivity index (χ4v) is 3.97. The van der Waals surface area contributed by atoms with Gasteiger partial charge in [0.15, 0.2) is 10.8 Å². The van der Waals surface area contributed by atoms with Gasteiger partial charge in [-0.05, 0) is 19.4 Å². The van der Waals surface area contributed by atoms with Crippen LogP contribution < -0.4 is 10.2 Å². The number of pyridine rings is 1. The maximum Gasteiger partial charge on any atom is 0.230 e. The molecule has 0 bridgehead atoms. The van der Waals surface area contributed by atoms with Crippen molar-refractivity contribution in [1.82, 2.24) is 19.7 Å². The molecule has 0 unspecified atom stereocenters. The zero-order valence-electron chi connectivity index (χ0n) is 14.5. The predicted octanol–water partition coefficient (Wildman–Crippen LogP) is 2.04. The van der Waals surface area contributed by atoms with Crippen LogP contribution in [0.4, 0.5) is 10.8 Å². The van der Waals surface area contributed by atoms with Crippen LogP contribution in [0.3, 0.4) is 0 Å². The van der Waals surface area contributed by atoms with E-state index in [2.05, 4.69) is 20.4 Å². The van der Waals surface area contributed by atoms with E-state index in [1.54, 1.807) is 15.8 Å². The van der Waals surface area contributed by atoms with Crippen molar-refractivity contribution in [2.75, 3.05) is 16.8 Å². The summed E-state index contributed by atoms with van der Waals surface area (Å²) < 4.78 is 1.72. The van der Waals surface area contributed by atoms with Gasteiger partial charge in [0.2, 0.25) is 11.8 Å². The summed E-state index contributed by atoms with van der Waals surface area (Å²) in [7, 11) is 1.84. The molecule has 9 heteroatoms. The van der Waals surface area contributed by atoms with Gasteiger partial charge in [-0.2, -0.15) is 5.10 Å². The molecule has 0 radical (unpaired) electrons. The highest BCUT2D eigenvalue weighted by atomic mass is 32.1. The largest absolute Gasteiger partial charge is 0.324 e. The average Bonchev–Trinajstić information content (AvgIpc) is 3.28. The molecule has 0 aromatic carbocycles. The highest BCUT2D eigenvalue weighted by Crippen LogP contribution is 2.25. The Labute approximate surface area is 153 Å². The molecule has 1 fully saturated rings. The minimum Gasteiger partial charge on any atom is -0.324 e. The van der Waals surface area contributed by atoms with E-state index in [0.717, 1.165) is 23.1 Å². The minimum atomic E-state index is -0.169. The number of anilines is 2. The highest BCUT2D eigenvalue weighted by Gasteiger charge is 2.24. The van der Waals surface area contributed by atoms with E-state index in [1.165, 1.54) is 11.3 Å². The first kappa shape index (κ1) is 16.6. The molecular formula is C17H18N6O2S. The van der Waals surface area contributed by atoms with Gasteiger partial charge in [-0.3, -0.25) is 19.2 Å². The minimum absolute atomic E-state index is 0.0987. The molecule has 0 atom stereocenters. The molecule has 0 saturated carbocycles. The third kappa shape index (κ3) is 3.05. The summed E-state index contributed by atoms with van der Waals surface area (Å²) in [5.74, 6) is -0.0705. The van der Waals surface area contributed by atoms with Crippen LogP contribution in [-0.2, 0) is 23.1 Å². The van der Waals surface area contributed by atoms with Crippen molar-refractivity contribution in [1.29, 1.82) is 0 Å². The number of carbonyl (C=O) groups is 2. The van der Waals surface area contributed by atoms with Crippen molar-refractivity contribution in [3.63, 3.8) is 0 Å². The lowest BCUT2D eigenvalue weighted by Gasteiger charge is -2.10. The van der Waals surface area contributed by atoms with Crippen LogP contribution in [0.15, 0.2) is 17.6 Å². The molecule has 0 aliphatic carbocycles. The summed E-state index contributed by atoms with van der Waals surface area (Å²) in [4.78, 5) is 34.6. The van der Waals surface area contributed by atoms with Crippen molar-refractivity contribution in [3.8, 4) is 0 Å². The quantitative estimate of drug-likeness (QED) is 0.759. The number of thiazole rings is 1. The number of amides is 2. The average molecular weight is 370 g/mol. The van der Waals surface area contributed by atoms with Gasteiger partial charge >= 0.3 is 0 Å². The molecule has 8 nitrogen and oxygen atoms in total. The van der Waals surface area contributed by atoms with Crippen LogP contribution >= 0.6 is 11.3 Å². The smallest absolute Gasteiger partial charge is 0.230 e. The van der Waals surface area contributed by atoms with Gasteiger partial charge in [0.1, 0.15) is 0 Å². The molecule has 0 spiro atoms. The Hall–Kier alpha value is -2.81. The molecule has 1 saturated heterocycles. The van der Waals surface area contributed by atoms with E-state index in [-0.39, 0.29) is 18.2 Å². The van der Waals surface area contributed by atoms with E-state index < -0.39 is 0 Å². The van der Waals surface area contributed by atoms with Crippen molar-refractivity contribution in [2.24, 2.45) is 7.05 Å². The molecule has 4 heterocycles. The van der Waals surface area contributed by atoms with Crippen LogP contribution in [0.5, 0.6) is 0 Å². The third-order valence-corrected chi connectivity index (χ3v) is 5.24. The second-order valence-corrected chi connectivity index (χ2v) is 7.14. The molecular weight excluding hydrogens is 352 g/mol. The first-order valence-electron chi connectivity index (χ1n) is 8.35. The topological polar surface area (TPSA) is 93.0 Å². The summed E-state index contributed by atoms with van der Waals surface area (Å²) >= 11 is 1.40.